The van der Waals surface area contributed by atoms with E-state index >= 15 is 0 Å². The first-order valence-corrected chi connectivity index (χ1v) is 7.79. The van der Waals surface area contributed by atoms with Crippen LogP contribution < -0.4 is 5.32 Å². The van der Waals surface area contributed by atoms with E-state index in [1.165, 1.54) is 11.5 Å². The summed E-state index contributed by atoms with van der Waals surface area (Å²) in [5, 5.41) is 11.0. The fourth-order valence-electron chi connectivity index (χ4n) is 2.45. The standard InChI is InChI=1S/C14H17N3OS/c18-13(9-10-5-7-19-8-6-10)15-14-11-3-1-2-4-12(11)16-17-14/h1-4,10H,5-9H2,(H2,15,16,17,18). The molecule has 0 saturated carbocycles. The smallest absolute Gasteiger partial charge is 0.225 e. The molecular formula is C14H17N3OS. The first kappa shape index (κ1) is 12.5. The summed E-state index contributed by atoms with van der Waals surface area (Å²) in [6.07, 6.45) is 2.92. The van der Waals surface area contributed by atoms with Crippen LogP contribution in [0, 0.1) is 5.92 Å². The predicted octanol–water partition coefficient (Wildman–Crippen LogP) is 3.03. The molecule has 1 fully saturated rings. The highest BCUT2D eigenvalue weighted by Gasteiger charge is 2.18. The molecule has 5 heteroatoms. The van der Waals surface area contributed by atoms with Crippen molar-refractivity contribution in [2.45, 2.75) is 19.3 Å². The van der Waals surface area contributed by atoms with E-state index in [0.717, 1.165) is 23.7 Å². The van der Waals surface area contributed by atoms with Gasteiger partial charge in [0.1, 0.15) is 0 Å². The van der Waals surface area contributed by atoms with Crippen molar-refractivity contribution in [1.82, 2.24) is 10.2 Å². The number of anilines is 1. The molecule has 100 valence electrons. The minimum absolute atomic E-state index is 0.0779. The lowest BCUT2D eigenvalue weighted by molar-refractivity contribution is -0.117. The highest BCUT2D eigenvalue weighted by atomic mass is 32.2. The number of carbonyl (C=O) groups is 1. The Labute approximate surface area is 116 Å². The van der Waals surface area contributed by atoms with Crippen molar-refractivity contribution >= 4 is 34.4 Å². The molecule has 1 amide bonds. The van der Waals surface area contributed by atoms with Gasteiger partial charge in [0.2, 0.25) is 5.91 Å². The fraction of sp³-hybridized carbons (Fsp3) is 0.429. The number of thioether (sulfide) groups is 1. The molecule has 1 aromatic carbocycles. The molecule has 2 heterocycles. The molecule has 0 spiro atoms. The number of fused-ring (bicyclic) bond motifs is 1. The quantitative estimate of drug-likeness (QED) is 0.905. The maximum absolute atomic E-state index is 12.1. The van der Waals surface area contributed by atoms with Crippen LogP contribution in [0.5, 0.6) is 0 Å². The van der Waals surface area contributed by atoms with E-state index in [4.69, 9.17) is 0 Å². The third-order valence-corrected chi connectivity index (χ3v) is 4.59. The molecule has 0 bridgehead atoms. The summed E-state index contributed by atoms with van der Waals surface area (Å²) in [5.74, 6) is 3.62. The van der Waals surface area contributed by atoms with Gasteiger partial charge in [0, 0.05) is 11.8 Å². The number of hydrogen-bond acceptors (Lipinski definition) is 3. The van der Waals surface area contributed by atoms with Gasteiger partial charge in [-0.2, -0.15) is 16.9 Å². The van der Waals surface area contributed by atoms with E-state index in [1.807, 2.05) is 36.0 Å². The molecular weight excluding hydrogens is 258 g/mol. The number of para-hydroxylation sites is 1. The summed E-state index contributed by atoms with van der Waals surface area (Å²) in [6.45, 7) is 0. The summed E-state index contributed by atoms with van der Waals surface area (Å²) in [7, 11) is 0. The normalized spacial score (nSPS) is 16.6. The van der Waals surface area contributed by atoms with Crippen molar-refractivity contribution in [3.8, 4) is 0 Å². The lowest BCUT2D eigenvalue weighted by atomic mass is 9.98. The maximum Gasteiger partial charge on any atom is 0.225 e. The zero-order valence-corrected chi connectivity index (χ0v) is 11.5. The number of amides is 1. The van der Waals surface area contributed by atoms with Gasteiger partial charge in [0.05, 0.1) is 5.52 Å². The Morgan fingerprint density at radius 3 is 3.00 bits per heavy atom. The molecule has 0 unspecified atom stereocenters. The highest BCUT2D eigenvalue weighted by molar-refractivity contribution is 7.99. The Morgan fingerprint density at radius 1 is 1.37 bits per heavy atom. The Hall–Kier alpha value is -1.49. The van der Waals surface area contributed by atoms with Crippen LogP contribution in [0.2, 0.25) is 0 Å². The number of rotatable bonds is 3. The van der Waals surface area contributed by atoms with Crippen LogP contribution in [0.25, 0.3) is 10.9 Å². The lowest BCUT2D eigenvalue weighted by Gasteiger charge is -2.20. The van der Waals surface area contributed by atoms with Crippen molar-refractivity contribution in [2.75, 3.05) is 16.8 Å². The average Bonchev–Trinajstić information content (AvgIpc) is 2.83. The number of benzene rings is 1. The second-order valence-electron chi connectivity index (χ2n) is 4.93. The molecule has 3 rings (SSSR count). The Bertz CT molecular complexity index is 575. The van der Waals surface area contributed by atoms with Crippen LogP contribution >= 0.6 is 11.8 Å². The zero-order chi connectivity index (χ0) is 13.1. The molecule has 1 aliphatic heterocycles. The van der Waals surface area contributed by atoms with Gasteiger partial charge in [-0.3, -0.25) is 9.89 Å². The van der Waals surface area contributed by atoms with Crippen LogP contribution in [0.3, 0.4) is 0 Å². The minimum atomic E-state index is 0.0779. The average molecular weight is 275 g/mol. The van der Waals surface area contributed by atoms with E-state index < -0.39 is 0 Å². The Morgan fingerprint density at radius 2 is 2.16 bits per heavy atom. The lowest BCUT2D eigenvalue weighted by Crippen LogP contribution is -2.19. The third kappa shape index (κ3) is 2.92. The summed E-state index contributed by atoms with van der Waals surface area (Å²) in [4.78, 5) is 12.1. The van der Waals surface area contributed by atoms with E-state index in [-0.39, 0.29) is 5.91 Å². The van der Waals surface area contributed by atoms with Gasteiger partial charge < -0.3 is 5.32 Å². The van der Waals surface area contributed by atoms with E-state index in [2.05, 4.69) is 15.5 Å². The van der Waals surface area contributed by atoms with Crippen LogP contribution in [0.1, 0.15) is 19.3 Å². The molecule has 0 atom stereocenters. The Kier molecular flexibility index (Phi) is 3.73. The maximum atomic E-state index is 12.1. The van der Waals surface area contributed by atoms with Crippen molar-refractivity contribution in [3.05, 3.63) is 24.3 Å². The van der Waals surface area contributed by atoms with E-state index in [1.54, 1.807) is 0 Å². The molecule has 1 aliphatic rings. The van der Waals surface area contributed by atoms with Crippen molar-refractivity contribution in [3.63, 3.8) is 0 Å². The van der Waals surface area contributed by atoms with Crippen LogP contribution in [0.4, 0.5) is 5.82 Å². The number of aromatic amines is 1. The third-order valence-electron chi connectivity index (χ3n) is 3.54. The fourth-order valence-corrected chi connectivity index (χ4v) is 3.66. The topological polar surface area (TPSA) is 57.8 Å². The molecule has 19 heavy (non-hydrogen) atoms. The summed E-state index contributed by atoms with van der Waals surface area (Å²) < 4.78 is 0. The first-order chi connectivity index (χ1) is 9.33. The second-order valence-corrected chi connectivity index (χ2v) is 6.15. The van der Waals surface area contributed by atoms with Gasteiger partial charge in [-0.15, -0.1) is 0 Å². The number of aromatic nitrogens is 2. The number of nitrogens with zero attached hydrogens (tertiary/aromatic N) is 1. The van der Waals surface area contributed by atoms with Crippen molar-refractivity contribution in [1.29, 1.82) is 0 Å². The monoisotopic (exact) mass is 275 g/mol. The second kappa shape index (κ2) is 5.65. The zero-order valence-electron chi connectivity index (χ0n) is 10.7. The minimum Gasteiger partial charge on any atom is -0.309 e. The molecule has 2 N–H and O–H groups in total. The number of carbonyl (C=O) groups excluding carboxylic acids is 1. The largest absolute Gasteiger partial charge is 0.309 e. The van der Waals surface area contributed by atoms with Gasteiger partial charge in [-0.1, -0.05) is 12.1 Å². The molecule has 1 aromatic heterocycles. The summed E-state index contributed by atoms with van der Waals surface area (Å²) in [6, 6.07) is 7.82. The molecule has 2 aromatic rings. The molecule has 1 saturated heterocycles. The van der Waals surface area contributed by atoms with Gasteiger partial charge in [0.25, 0.3) is 0 Å². The summed E-state index contributed by atoms with van der Waals surface area (Å²) >= 11 is 1.98. The molecule has 4 nitrogen and oxygen atoms in total. The SMILES string of the molecule is O=C(CC1CCSCC1)Nc1n[nH]c2ccccc12. The predicted molar refractivity (Wildman–Crippen MR) is 79.4 cm³/mol. The van der Waals surface area contributed by atoms with E-state index in [0.29, 0.717) is 18.2 Å². The van der Waals surface area contributed by atoms with Crippen molar-refractivity contribution in [2.24, 2.45) is 5.92 Å². The van der Waals surface area contributed by atoms with Gasteiger partial charge in [-0.05, 0) is 42.4 Å². The molecule has 0 aliphatic carbocycles. The number of nitrogens with one attached hydrogen (secondary N) is 2. The summed E-state index contributed by atoms with van der Waals surface area (Å²) in [5.41, 5.74) is 0.951. The molecule has 0 radical (unpaired) electrons. The van der Waals surface area contributed by atoms with Gasteiger partial charge in [0.15, 0.2) is 5.82 Å². The highest BCUT2D eigenvalue weighted by Crippen LogP contribution is 2.26. The van der Waals surface area contributed by atoms with Gasteiger partial charge >= 0.3 is 0 Å². The number of H-pyrrole nitrogens is 1. The van der Waals surface area contributed by atoms with Crippen molar-refractivity contribution < 1.29 is 4.79 Å². The Balaban J connectivity index is 1.65. The number of hydrogen-bond donors (Lipinski definition) is 2. The van der Waals surface area contributed by atoms with Crippen LogP contribution in [0.15, 0.2) is 24.3 Å². The van der Waals surface area contributed by atoms with E-state index in [9.17, 15) is 4.79 Å². The van der Waals surface area contributed by atoms with Crippen LogP contribution in [-0.4, -0.2) is 27.6 Å². The van der Waals surface area contributed by atoms with Gasteiger partial charge in [-0.25, -0.2) is 0 Å². The first-order valence-electron chi connectivity index (χ1n) is 6.63. The van der Waals surface area contributed by atoms with Crippen LogP contribution in [-0.2, 0) is 4.79 Å².